The zero-order valence-corrected chi connectivity index (χ0v) is 16.5. The number of rotatable bonds is 9. The van der Waals surface area contributed by atoms with Crippen molar-refractivity contribution < 1.29 is 0 Å². The summed E-state index contributed by atoms with van der Waals surface area (Å²) in [6, 6.07) is 10.9. The second kappa shape index (κ2) is 14.9. The number of hydrogen-bond acceptors (Lipinski definition) is 1. The average molecular weight is 328 g/mol. The van der Waals surface area contributed by atoms with Crippen LogP contribution in [-0.2, 0) is 6.42 Å². The molecule has 0 saturated heterocycles. The molecule has 1 unspecified atom stereocenters. The molecule has 0 aliphatic rings. The van der Waals surface area contributed by atoms with Crippen LogP contribution in [0.15, 0.2) is 59.8 Å². The van der Waals surface area contributed by atoms with Crippen molar-refractivity contribution in [1.29, 1.82) is 0 Å². The van der Waals surface area contributed by atoms with E-state index in [1.165, 1.54) is 44.1 Å². The van der Waals surface area contributed by atoms with E-state index in [0.29, 0.717) is 0 Å². The maximum absolute atomic E-state index is 4.17. The van der Waals surface area contributed by atoms with Crippen LogP contribution in [0.1, 0.15) is 72.3 Å². The highest BCUT2D eigenvalue weighted by Crippen LogP contribution is 2.19. The van der Waals surface area contributed by atoms with Gasteiger partial charge in [-0.2, -0.15) is 0 Å². The highest BCUT2D eigenvalue weighted by atomic mass is 14.7. The van der Waals surface area contributed by atoms with Gasteiger partial charge in [-0.1, -0.05) is 82.5 Å². The molecule has 0 spiro atoms. The van der Waals surface area contributed by atoms with Crippen LogP contribution in [0.2, 0.25) is 0 Å². The van der Waals surface area contributed by atoms with Gasteiger partial charge < -0.3 is 0 Å². The second-order valence-electron chi connectivity index (χ2n) is 6.54. The Bertz CT molecular complexity index is 478. The van der Waals surface area contributed by atoms with Gasteiger partial charge in [0.1, 0.15) is 0 Å². The normalized spacial score (nSPS) is 12.0. The average Bonchev–Trinajstić information content (AvgIpc) is 2.56. The van der Waals surface area contributed by atoms with Crippen LogP contribution in [0.5, 0.6) is 0 Å². The first kappa shape index (κ1) is 22.4. The summed E-state index contributed by atoms with van der Waals surface area (Å²) >= 11 is 0. The summed E-state index contributed by atoms with van der Waals surface area (Å²) < 4.78 is 0. The molecule has 0 aromatic heterocycles. The van der Waals surface area contributed by atoms with Crippen LogP contribution in [-0.4, -0.2) is 5.71 Å². The molecule has 1 aromatic carbocycles. The predicted molar refractivity (Wildman–Crippen MR) is 111 cm³/mol. The smallest absolute Gasteiger partial charge is 0.0371 e. The molecule has 0 N–H and O–H groups in total. The van der Waals surface area contributed by atoms with E-state index in [4.69, 9.17) is 0 Å². The van der Waals surface area contributed by atoms with Gasteiger partial charge >= 0.3 is 0 Å². The zero-order chi connectivity index (χ0) is 18.2. The largest absolute Gasteiger partial charge is 0.263 e. The quantitative estimate of drug-likeness (QED) is 0.331. The van der Waals surface area contributed by atoms with Gasteiger partial charge in [-0.3, -0.25) is 4.99 Å². The van der Waals surface area contributed by atoms with Crippen molar-refractivity contribution in [1.82, 2.24) is 0 Å². The van der Waals surface area contributed by atoms with Gasteiger partial charge in [-0.15, -0.1) is 0 Å². The van der Waals surface area contributed by atoms with Crippen LogP contribution in [0.3, 0.4) is 0 Å². The molecule has 0 saturated carbocycles. The van der Waals surface area contributed by atoms with Crippen LogP contribution < -0.4 is 0 Å². The molecule has 0 aliphatic carbocycles. The van der Waals surface area contributed by atoms with Crippen molar-refractivity contribution >= 4 is 5.71 Å². The Balaban J connectivity index is 0.000000506. The first-order valence-corrected chi connectivity index (χ1v) is 9.38. The standard InChI is InChI=1S/C15H24.C8H13N/c1-3-5-9-14(4-2)12-13-15-10-7-6-8-11-15;1-5-6-8(4)9-7(2)3/h6-8,10-11,14H,3-5,9,12-13H2,1-2H3;5-6H,1H2,2-4H3/b;8-6-. The number of aliphatic imine (C=N–C) groups is 1. The number of benzene rings is 1. The van der Waals surface area contributed by atoms with Gasteiger partial charge in [-0.05, 0) is 51.2 Å². The highest BCUT2D eigenvalue weighted by molar-refractivity contribution is 5.80. The molecule has 1 aromatic rings. The van der Waals surface area contributed by atoms with E-state index in [2.05, 4.69) is 55.8 Å². The Morgan fingerprint density at radius 1 is 1.08 bits per heavy atom. The number of nitrogens with zero attached hydrogens (tertiary/aromatic N) is 1. The summed E-state index contributed by atoms with van der Waals surface area (Å²) in [6.07, 6.45) is 11.7. The summed E-state index contributed by atoms with van der Waals surface area (Å²) in [5, 5.41) is 0. The highest BCUT2D eigenvalue weighted by Gasteiger charge is 2.05. The summed E-state index contributed by atoms with van der Waals surface area (Å²) in [7, 11) is 0. The van der Waals surface area contributed by atoms with Gasteiger partial charge in [0.2, 0.25) is 0 Å². The van der Waals surface area contributed by atoms with Gasteiger partial charge in [0.15, 0.2) is 0 Å². The van der Waals surface area contributed by atoms with Gasteiger partial charge in [0, 0.05) is 11.4 Å². The van der Waals surface area contributed by atoms with Crippen molar-refractivity contribution in [2.75, 3.05) is 0 Å². The lowest BCUT2D eigenvalue weighted by Crippen LogP contribution is -2.00. The Morgan fingerprint density at radius 3 is 2.25 bits per heavy atom. The molecule has 0 bridgehead atoms. The Morgan fingerprint density at radius 2 is 1.75 bits per heavy atom. The second-order valence-corrected chi connectivity index (χ2v) is 6.54. The topological polar surface area (TPSA) is 12.4 Å². The van der Waals surface area contributed by atoms with Gasteiger partial charge in [0.25, 0.3) is 0 Å². The molecule has 0 amide bonds. The molecular formula is C23H37N. The SMILES string of the molecule is C=C/C=C(/C)N=C(C)C.CCCCC(CC)CCc1ccccc1. The first-order valence-electron chi connectivity index (χ1n) is 9.38. The molecule has 1 nitrogen and oxygen atoms in total. The van der Waals surface area contributed by atoms with Crippen LogP contribution in [0.4, 0.5) is 0 Å². The summed E-state index contributed by atoms with van der Waals surface area (Å²) in [4.78, 5) is 4.17. The molecule has 1 heteroatoms. The predicted octanol–water partition coefficient (Wildman–Crippen LogP) is 7.39. The molecule has 134 valence electrons. The minimum Gasteiger partial charge on any atom is -0.263 e. The van der Waals surface area contributed by atoms with E-state index in [1.807, 2.05) is 26.8 Å². The molecular weight excluding hydrogens is 290 g/mol. The number of unbranched alkanes of at least 4 members (excludes halogenated alkanes) is 1. The third-order valence-corrected chi connectivity index (χ3v) is 3.99. The van der Waals surface area contributed by atoms with Gasteiger partial charge in [0.05, 0.1) is 0 Å². The molecule has 0 radical (unpaired) electrons. The van der Waals surface area contributed by atoms with E-state index in [1.54, 1.807) is 6.08 Å². The van der Waals surface area contributed by atoms with Crippen LogP contribution in [0.25, 0.3) is 0 Å². The minimum absolute atomic E-state index is 0.935. The molecule has 1 atom stereocenters. The Labute approximate surface area is 150 Å². The molecule has 0 fully saturated rings. The number of allylic oxidation sites excluding steroid dienone is 3. The van der Waals surface area contributed by atoms with Crippen molar-refractivity contribution in [3.05, 3.63) is 60.3 Å². The summed E-state index contributed by atoms with van der Waals surface area (Å²) in [5.41, 5.74) is 3.57. The van der Waals surface area contributed by atoms with Gasteiger partial charge in [-0.25, -0.2) is 0 Å². The van der Waals surface area contributed by atoms with Crippen molar-refractivity contribution in [3.8, 4) is 0 Å². The molecule has 0 aliphatic heterocycles. The lowest BCUT2D eigenvalue weighted by Gasteiger charge is -2.13. The minimum atomic E-state index is 0.935. The van der Waals surface area contributed by atoms with Crippen LogP contribution in [0, 0.1) is 5.92 Å². The maximum Gasteiger partial charge on any atom is 0.0371 e. The lowest BCUT2D eigenvalue weighted by molar-refractivity contribution is 0.422. The Kier molecular flexibility index (Phi) is 13.9. The monoisotopic (exact) mass is 327 g/mol. The van der Waals surface area contributed by atoms with Crippen molar-refractivity contribution in [2.24, 2.45) is 10.9 Å². The third-order valence-electron chi connectivity index (χ3n) is 3.99. The Hall–Kier alpha value is -1.63. The fourth-order valence-corrected chi connectivity index (χ4v) is 2.62. The third kappa shape index (κ3) is 12.9. The van der Waals surface area contributed by atoms with Crippen molar-refractivity contribution in [2.45, 2.75) is 73.1 Å². The van der Waals surface area contributed by atoms with Crippen molar-refractivity contribution in [3.63, 3.8) is 0 Å². The number of aryl methyl sites for hydroxylation is 1. The van der Waals surface area contributed by atoms with E-state index in [-0.39, 0.29) is 0 Å². The fourth-order valence-electron chi connectivity index (χ4n) is 2.62. The lowest BCUT2D eigenvalue weighted by atomic mass is 9.92. The van der Waals surface area contributed by atoms with E-state index in [9.17, 15) is 0 Å². The molecule has 1 rings (SSSR count). The van der Waals surface area contributed by atoms with E-state index < -0.39 is 0 Å². The maximum atomic E-state index is 4.17. The summed E-state index contributed by atoms with van der Waals surface area (Å²) in [5.74, 6) is 0.935. The molecule has 24 heavy (non-hydrogen) atoms. The van der Waals surface area contributed by atoms with E-state index >= 15 is 0 Å². The first-order chi connectivity index (χ1) is 11.5. The zero-order valence-electron chi connectivity index (χ0n) is 16.5. The molecule has 0 heterocycles. The van der Waals surface area contributed by atoms with E-state index in [0.717, 1.165) is 17.3 Å². The number of hydrogen-bond donors (Lipinski definition) is 0. The van der Waals surface area contributed by atoms with Crippen LogP contribution >= 0.6 is 0 Å². The fraction of sp³-hybridized carbons (Fsp3) is 0.522. The summed E-state index contributed by atoms with van der Waals surface area (Å²) in [6.45, 7) is 14.1.